The number of aromatic nitrogens is 2. The van der Waals surface area contributed by atoms with E-state index in [0.29, 0.717) is 6.54 Å². The smallest absolute Gasteiger partial charge is 0.253 e. The molecule has 0 amide bonds. The number of rotatable bonds is 3. The minimum Gasteiger partial charge on any atom is -0.353 e. The highest BCUT2D eigenvalue weighted by molar-refractivity contribution is 6.10. The van der Waals surface area contributed by atoms with Gasteiger partial charge in [0.2, 0.25) is 0 Å². The van der Waals surface area contributed by atoms with Gasteiger partial charge >= 0.3 is 0 Å². The number of benzene rings is 2. The summed E-state index contributed by atoms with van der Waals surface area (Å²) in [6.45, 7) is 0.519. The van der Waals surface area contributed by atoms with Gasteiger partial charge in [-0.2, -0.15) is 0 Å². The first-order chi connectivity index (χ1) is 11.3. The lowest BCUT2D eigenvalue weighted by Gasteiger charge is -2.10. The molecule has 0 aliphatic heterocycles. The van der Waals surface area contributed by atoms with E-state index in [4.69, 9.17) is 0 Å². The van der Waals surface area contributed by atoms with Crippen LogP contribution in [-0.4, -0.2) is 17.0 Å². The number of hydrogen-bond donors (Lipinski definition) is 3. The fourth-order valence-electron chi connectivity index (χ4n) is 3.18. The van der Waals surface area contributed by atoms with Crippen LogP contribution in [0.3, 0.4) is 0 Å². The summed E-state index contributed by atoms with van der Waals surface area (Å²) in [5.41, 5.74) is 5.58. The highest BCUT2D eigenvalue weighted by Crippen LogP contribution is 2.32. The predicted molar refractivity (Wildman–Crippen MR) is 94.6 cm³/mol. The average molecular weight is 303 g/mol. The van der Waals surface area contributed by atoms with E-state index in [9.17, 15) is 4.79 Å². The Morgan fingerprint density at radius 2 is 1.65 bits per heavy atom. The fourth-order valence-corrected chi connectivity index (χ4v) is 3.18. The lowest BCUT2D eigenvalue weighted by atomic mass is 9.99. The van der Waals surface area contributed by atoms with Crippen LogP contribution in [0.15, 0.2) is 59.4 Å². The molecule has 0 atom stereocenters. The summed E-state index contributed by atoms with van der Waals surface area (Å²) in [5.74, 6) is 0. The van der Waals surface area contributed by atoms with E-state index in [-0.39, 0.29) is 5.56 Å². The molecule has 23 heavy (non-hydrogen) atoms. The molecule has 0 saturated heterocycles. The Hall–Kier alpha value is -2.85. The lowest BCUT2D eigenvalue weighted by molar-refractivity contribution is 0.809. The summed E-state index contributed by atoms with van der Waals surface area (Å²) in [6.07, 6.45) is 0. The summed E-state index contributed by atoms with van der Waals surface area (Å²) in [4.78, 5) is 19.2. The van der Waals surface area contributed by atoms with Crippen LogP contribution < -0.4 is 10.9 Å². The molecule has 4 nitrogen and oxygen atoms in total. The van der Waals surface area contributed by atoms with Crippen LogP contribution in [0.2, 0.25) is 0 Å². The van der Waals surface area contributed by atoms with Crippen LogP contribution >= 0.6 is 0 Å². The van der Waals surface area contributed by atoms with E-state index in [0.717, 1.165) is 38.6 Å². The van der Waals surface area contributed by atoms with Crippen molar-refractivity contribution >= 4 is 21.9 Å². The highest BCUT2D eigenvalue weighted by Gasteiger charge is 2.17. The summed E-state index contributed by atoms with van der Waals surface area (Å²) in [5, 5.41) is 4.13. The van der Waals surface area contributed by atoms with Gasteiger partial charge in [-0.3, -0.25) is 4.79 Å². The molecule has 0 unspecified atom stereocenters. The van der Waals surface area contributed by atoms with Gasteiger partial charge in [0.1, 0.15) is 0 Å². The Kier molecular flexibility index (Phi) is 3.24. The predicted octanol–water partition coefficient (Wildman–Crippen LogP) is 3.40. The molecule has 0 fully saturated rings. The van der Waals surface area contributed by atoms with E-state index in [1.54, 1.807) is 0 Å². The van der Waals surface area contributed by atoms with Crippen LogP contribution in [0.4, 0.5) is 0 Å². The fraction of sp³-hybridized carbons (Fsp3) is 0.105. The van der Waals surface area contributed by atoms with Gasteiger partial charge in [0.25, 0.3) is 5.56 Å². The van der Waals surface area contributed by atoms with Crippen molar-refractivity contribution in [1.82, 2.24) is 15.3 Å². The van der Waals surface area contributed by atoms with Gasteiger partial charge < -0.3 is 15.3 Å². The van der Waals surface area contributed by atoms with Crippen LogP contribution in [0, 0.1) is 0 Å². The van der Waals surface area contributed by atoms with Crippen LogP contribution in [0.5, 0.6) is 0 Å². The second kappa shape index (κ2) is 5.41. The number of para-hydroxylation sites is 1. The van der Waals surface area contributed by atoms with E-state index < -0.39 is 0 Å². The summed E-state index contributed by atoms with van der Waals surface area (Å²) in [7, 11) is 1.85. The van der Waals surface area contributed by atoms with E-state index in [2.05, 4.69) is 15.3 Å². The molecule has 4 aromatic rings. The normalized spacial score (nSPS) is 11.3. The van der Waals surface area contributed by atoms with Crippen molar-refractivity contribution in [2.75, 3.05) is 7.05 Å². The first-order valence-corrected chi connectivity index (χ1v) is 7.65. The Morgan fingerprint density at radius 3 is 2.43 bits per heavy atom. The molecular formula is C19H17N3O. The van der Waals surface area contributed by atoms with E-state index in [1.807, 2.05) is 61.6 Å². The topological polar surface area (TPSA) is 60.7 Å². The quantitative estimate of drug-likeness (QED) is 0.543. The standard InChI is InChI=1S/C19H17N3O/c1-20-11-14-16(12-7-3-2-4-8-12)18-17(22-19(14)23)13-9-5-6-10-15(13)21-18/h2-10,20-21H,11H2,1H3,(H,22,23). The first kappa shape index (κ1) is 13.8. The maximum atomic E-state index is 12.6. The average Bonchev–Trinajstić information content (AvgIpc) is 2.94. The second-order valence-electron chi connectivity index (χ2n) is 5.62. The van der Waals surface area contributed by atoms with Crippen LogP contribution in [0.25, 0.3) is 33.1 Å². The van der Waals surface area contributed by atoms with Crippen molar-refractivity contribution in [2.24, 2.45) is 0 Å². The van der Waals surface area contributed by atoms with Gasteiger partial charge in [-0.05, 0) is 18.7 Å². The number of fused-ring (bicyclic) bond motifs is 3. The zero-order chi connectivity index (χ0) is 15.8. The zero-order valence-corrected chi connectivity index (χ0v) is 12.8. The number of hydrogen-bond acceptors (Lipinski definition) is 2. The van der Waals surface area contributed by atoms with E-state index >= 15 is 0 Å². The molecule has 114 valence electrons. The Bertz CT molecular complexity index is 1040. The molecule has 4 rings (SSSR count). The van der Waals surface area contributed by atoms with Crippen LogP contribution in [-0.2, 0) is 6.54 Å². The minimum atomic E-state index is -0.0459. The van der Waals surface area contributed by atoms with Gasteiger partial charge in [0, 0.05) is 28.6 Å². The summed E-state index contributed by atoms with van der Waals surface area (Å²) in [6, 6.07) is 18.1. The van der Waals surface area contributed by atoms with Crippen molar-refractivity contribution in [2.45, 2.75) is 6.54 Å². The molecule has 3 N–H and O–H groups in total. The van der Waals surface area contributed by atoms with Gasteiger partial charge in [-0.1, -0.05) is 48.5 Å². The maximum absolute atomic E-state index is 12.6. The molecule has 2 aromatic carbocycles. The molecule has 4 heteroatoms. The minimum absolute atomic E-state index is 0.0459. The molecule has 2 aromatic heterocycles. The Morgan fingerprint density at radius 1 is 0.913 bits per heavy atom. The summed E-state index contributed by atoms with van der Waals surface area (Å²) < 4.78 is 0. The van der Waals surface area contributed by atoms with Gasteiger partial charge in [0.15, 0.2) is 0 Å². The first-order valence-electron chi connectivity index (χ1n) is 7.65. The Labute approximate surface area is 133 Å². The number of aromatic amines is 2. The molecular weight excluding hydrogens is 286 g/mol. The third-order valence-corrected chi connectivity index (χ3v) is 4.19. The van der Waals surface area contributed by atoms with Gasteiger partial charge in [-0.15, -0.1) is 0 Å². The molecule has 2 heterocycles. The zero-order valence-electron chi connectivity index (χ0n) is 12.8. The van der Waals surface area contributed by atoms with Crippen molar-refractivity contribution < 1.29 is 0 Å². The molecule has 0 spiro atoms. The highest BCUT2D eigenvalue weighted by atomic mass is 16.1. The third-order valence-electron chi connectivity index (χ3n) is 4.19. The molecule has 0 bridgehead atoms. The van der Waals surface area contributed by atoms with Crippen molar-refractivity contribution in [3.63, 3.8) is 0 Å². The van der Waals surface area contributed by atoms with Crippen LogP contribution in [0.1, 0.15) is 5.56 Å². The van der Waals surface area contributed by atoms with Gasteiger partial charge in [-0.25, -0.2) is 0 Å². The van der Waals surface area contributed by atoms with Gasteiger partial charge in [0.05, 0.1) is 11.0 Å². The molecule has 0 saturated carbocycles. The number of nitrogens with one attached hydrogen (secondary N) is 3. The second-order valence-corrected chi connectivity index (χ2v) is 5.62. The molecule has 0 aliphatic carbocycles. The number of pyridine rings is 1. The SMILES string of the molecule is CNCc1c(-c2ccccc2)c2[nH]c3ccccc3c2[nH]c1=O. The molecule has 0 aliphatic rings. The molecule has 0 radical (unpaired) electrons. The number of H-pyrrole nitrogens is 2. The largest absolute Gasteiger partial charge is 0.353 e. The summed E-state index contributed by atoms with van der Waals surface area (Å²) >= 11 is 0. The monoisotopic (exact) mass is 303 g/mol. The Balaban J connectivity index is 2.19. The van der Waals surface area contributed by atoms with Crippen molar-refractivity contribution in [3.05, 3.63) is 70.5 Å². The lowest BCUT2D eigenvalue weighted by Crippen LogP contribution is -2.19. The van der Waals surface area contributed by atoms with Crippen molar-refractivity contribution in [1.29, 1.82) is 0 Å². The third kappa shape index (κ3) is 2.15. The van der Waals surface area contributed by atoms with Crippen molar-refractivity contribution in [3.8, 4) is 11.1 Å². The van der Waals surface area contributed by atoms with E-state index in [1.165, 1.54) is 0 Å². The maximum Gasteiger partial charge on any atom is 0.253 e.